The molecule has 0 heterocycles. The SMILES string of the molecule is Cc1ccccc1CN(C(=O)CCCN(c1ccccc1F)S(C)(=O)=O)[C@@H](Cc1ccccc1)C(=O)NC1CCCC1. The lowest BCUT2D eigenvalue weighted by atomic mass is 10.0. The monoisotopic (exact) mass is 593 g/mol. The molecule has 224 valence electrons. The highest BCUT2D eigenvalue weighted by atomic mass is 32.2. The number of hydrogen-bond acceptors (Lipinski definition) is 4. The first kappa shape index (κ1) is 31.2. The first-order chi connectivity index (χ1) is 20.1. The highest BCUT2D eigenvalue weighted by Gasteiger charge is 2.32. The molecule has 0 bridgehead atoms. The number of carbonyl (C=O) groups excluding carboxylic acids is 2. The van der Waals surface area contributed by atoms with Gasteiger partial charge in [-0.15, -0.1) is 0 Å². The molecule has 3 aromatic carbocycles. The van der Waals surface area contributed by atoms with Crippen molar-refractivity contribution in [3.8, 4) is 0 Å². The normalized spacial score (nSPS) is 14.4. The van der Waals surface area contributed by atoms with Gasteiger partial charge >= 0.3 is 0 Å². The number of nitrogens with zero attached hydrogens (tertiary/aromatic N) is 2. The van der Waals surface area contributed by atoms with Crippen LogP contribution in [-0.2, 0) is 32.6 Å². The van der Waals surface area contributed by atoms with E-state index in [1.807, 2.05) is 61.5 Å². The second-order valence-electron chi connectivity index (χ2n) is 11.0. The van der Waals surface area contributed by atoms with Crippen LogP contribution >= 0.6 is 0 Å². The highest BCUT2D eigenvalue weighted by molar-refractivity contribution is 7.92. The van der Waals surface area contributed by atoms with Gasteiger partial charge in [0.25, 0.3) is 0 Å². The van der Waals surface area contributed by atoms with Crippen LogP contribution in [0.25, 0.3) is 0 Å². The van der Waals surface area contributed by atoms with Crippen molar-refractivity contribution in [1.82, 2.24) is 10.2 Å². The molecule has 2 amide bonds. The predicted octanol–water partition coefficient (Wildman–Crippen LogP) is 5.38. The Morgan fingerprint density at radius 3 is 2.26 bits per heavy atom. The molecule has 1 fully saturated rings. The third-order valence-corrected chi connectivity index (χ3v) is 9.03. The molecule has 7 nitrogen and oxygen atoms in total. The van der Waals surface area contributed by atoms with Crippen LogP contribution in [0, 0.1) is 12.7 Å². The Hall–Kier alpha value is -3.72. The van der Waals surface area contributed by atoms with Crippen LogP contribution in [0.2, 0.25) is 0 Å². The average molecular weight is 594 g/mol. The van der Waals surface area contributed by atoms with E-state index in [4.69, 9.17) is 0 Å². The van der Waals surface area contributed by atoms with Gasteiger partial charge in [-0.3, -0.25) is 13.9 Å². The Morgan fingerprint density at radius 2 is 1.60 bits per heavy atom. The summed E-state index contributed by atoms with van der Waals surface area (Å²) in [5.74, 6) is -1.10. The maximum atomic E-state index is 14.5. The largest absolute Gasteiger partial charge is 0.352 e. The lowest BCUT2D eigenvalue weighted by Gasteiger charge is -2.33. The van der Waals surface area contributed by atoms with Gasteiger partial charge in [0, 0.05) is 32.0 Å². The van der Waals surface area contributed by atoms with Crippen molar-refractivity contribution in [2.75, 3.05) is 17.1 Å². The van der Waals surface area contributed by atoms with E-state index in [-0.39, 0.29) is 49.5 Å². The molecule has 1 saturated carbocycles. The van der Waals surface area contributed by atoms with Crippen LogP contribution in [0.3, 0.4) is 0 Å². The molecular weight excluding hydrogens is 553 g/mol. The first-order valence-corrected chi connectivity index (χ1v) is 16.4. The number of hydrogen-bond donors (Lipinski definition) is 1. The van der Waals surface area contributed by atoms with E-state index in [2.05, 4.69) is 5.32 Å². The molecule has 1 aliphatic rings. The summed E-state index contributed by atoms with van der Waals surface area (Å²) in [5, 5.41) is 3.19. The summed E-state index contributed by atoms with van der Waals surface area (Å²) in [7, 11) is -3.79. The molecule has 0 saturated heterocycles. The maximum Gasteiger partial charge on any atom is 0.243 e. The molecule has 0 radical (unpaired) electrons. The van der Waals surface area contributed by atoms with E-state index in [9.17, 15) is 22.4 Å². The van der Waals surface area contributed by atoms with Crippen molar-refractivity contribution >= 4 is 27.5 Å². The Balaban J connectivity index is 1.60. The minimum atomic E-state index is -3.79. The van der Waals surface area contributed by atoms with Gasteiger partial charge in [-0.25, -0.2) is 12.8 Å². The van der Waals surface area contributed by atoms with Crippen molar-refractivity contribution in [3.63, 3.8) is 0 Å². The second-order valence-corrected chi connectivity index (χ2v) is 12.9. The lowest BCUT2D eigenvalue weighted by molar-refractivity contribution is -0.141. The van der Waals surface area contributed by atoms with Gasteiger partial charge in [-0.05, 0) is 55.0 Å². The average Bonchev–Trinajstić information content (AvgIpc) is 3.47. The van der Waals surface area contributed by atoms with E-state index in [0.717, 1.165) is 52.9 Å². The van der Waals surface area contributed by atoms with Crippen molar-refractivity contribution in [1.29, 1.82) is 0 Å². The number of aryl methyl sites for hydroxylation is 1. The van der Waals surface area contributed by atoms with E-state index in [1.54, 1.807) is 11.0 Å². The number of rotatable bonds is 13. The van der Waals surface area contributed by atoms with Crippen LogP contribution in [0.15, 0.2) is 78.9 Å². The van der Waals surface area contributed by atoms with E-state index in [0.29, 0.717) is 6.42 Å². The number of nitrogens with one attached hydrogen (secondary N) is 1. The third-order valence-electron chi connectivity index (χ3n) is 7.85. The van der Waals surface area contributed by atoms with Crippen molar-refractivity contribution in [2.24, 2.45) is 0 Å². The highest BCUT2D eigenvalue weighted by Crippen LogP contribution is 2.24. The second kappa shape index (κ2) is 14.4. The fraction of sp³-hybridized carbons (Fsp3) is 0.394. The summed E-state index contributed by atoms with van der Waals surface area (Å²) in [4.78, 5) is 29.4. The first-order valence-electron chi connectivity index (χ1n) is 14.5. The van der Waals surface area contributed by atoms with E-state index in [1.165, 1.54) is 18.2 Å². The van der Waals surface area contributed by atoms with Crippen LogP contribution < -0.4 is 9.62 Å². The van der Waals surface area contributed by atoms with E-state index < -0.39 is 21.9 Å². The number of carbonyl (C=O) groups is 2. The number of sulfonamides is 1. The van der Waals surface area contributed by atoms with Gasteiger partial charge in [0.2, 0.25) is 21.8 Å². The minimum Gasteiger partial charge on any atom is -0.352 e. The minimum absolute atomic E-state index is 0.00560. The molecule has 1 atom stereocenters. The Bertz CT molecular complexity index is 1460. The number of para-hydroxylation sites is 1. The molecule has 9 heteroatoms. The summed E-state index contributed by atoms with van der Waals surface area (Å²) < 4.78 is 40.6. The van der Waals surface area contributed by atoms with E-state index >= 15 is 0 Å². The molecule has 0 aromatic heterocycles. The molecular formula is C33H40FN3O4S. The zero-order valence-electron chi connectivity index (χ0n) is 24.3. The van der Waals surface area contributed by atoms with Crippen LogP contribution in [0.1, 0.15) is 55.2 Å². The Kier molecular flexibility index (Phi) is 10.7. The number of amides is 2. The van der Waals surface area contributed by atoms with Crippen LogP contribution in [0.5, 0.6) is 0 Å². The summed E-state index contributed by atoms with van der Waals surface area (Å²) in [6.07, 6.45) is 5.51. The fourth-order valence-corrected chi connectivity index (χ4v) is 6.50. The summed E-state index contributed by atoms with van der Waals surface area (Å²) in [6, 6.07) is 22.4. The third kappa shape index (κ3) is 8.41. The topological polar surface area (TPSA) is 86.8 Å². The van der Waals surface area contributed by atoms with Gasteiger partial charge in [0.1, 0.15) is 11.9 Å². The molecule has 0 aliphatic heterocycles. The lowest BCUT2D eigenvalue weighted by Crippen LogP contribution is -2.52. The van der Waals surface area contributed by atoms with Crippen LogP contribution in [-0.4, -0.2) is 50.0 Å². The number of anilines is 1. The van der Waals surface area contributed by atoms with Crippen LogP contribution in [0.4, 0.5) is 10.1 Å². The standard InChI is InChI=1S/C33H40FN3O4S/c1-25-13-6-7-16-27(25)24-36(31(23-26-14-4-3-5-15-26)33(39)35-28-17-8-9-18-28)32(38)21-12-22-37(42(2,40)41)30-20-11-10-19-29(30)34/h3-7,10-11,13-16,19-20,28,31H,8-9,12,17-18,21-24H2,1-2H3,(H,35,39)/t31-/m0/s1. The summed E-state index contributed by atoms with van der Waals surface area (Å²) >= 11 is 0. The Labute approximate surface area is 248 Å². The zero-order valence-corrected chi connectivity index (χ0v) is 25.2. The maximum absolute atomic E-state index is 14.5. The molecule has 4 rings (SSSR count). The van der Waals surface area contributed by atoms with Gasteiger partial charge in [-0.2, -0.15) is 0 Å². The molecule has 1 N–H and O–H groups in total. The predicted molar refractivity (Wildman–Crippen MR) is 164 cm³/mol. The quantitative estimate of drug-likeness (QED) is 0.288. The molecule has 0 unspecified atom stereocenters. The molecule has 0 spiro atoms. The number of benzene rings is 3. The van der Waals surface area contributed by atoms with Crippen molar-refractivity contribution in [3.05, 3.63) is 101 Å². The molecule has 3 aromatic rings. The van der Waals surface area contributed by atoms with Crippen molar-refractivity contribution < 1.29 is 22.4 Å². The van der Waals surface area contributed by atoms with Gasteiger partial charge in [0.05, 0.1) is 11.9 Å². The van der Waals surface area contributed by atoms with Crippen molar-refractivity contribution in [2.45, 2.75) is 70.5 Å². The Morgan fingerprint density at radius 1 is 0.952 bits per heavy atom. The van der Waals surface area contributed by atoms with Gasteiger partial charge < -0.3 is 10.2 Å². The van der Waals surface area contributed by atoms with Gasteiger partial charge in [-0.1, -0.05) is 79.6 Å². The fourth-order valence-electron chi connectivity index (χ4n) is 5.53. The molecule has 1 aliphatic carbocycles. The summed E-state index contributed by atoms with van der Waals surface area (Å²) in [6.45, 7) is 2.15. The molecule has 42 heavy (non-hydrogen) atoms. The zero-order chi connectivity index (χ0) is 30.1. The number of halogens is 1. The van der Waals surface area contributed by atoms with Gasteiger partial charge in [0.15, 0.2) is 0 Å². The summed E-state index contributed by atoms with van der Waals surface area (Å²) in [5.41, 5.74) is 2.83. The smallest absolute Gasteiger partial charge is 0.243 e.